The van der Waals surface area contributed by atoms with E-state index in [4.69, 9.17) is 12.2 Å². The number of non-ortho nitro benzene ring substituents is 1. The van der Waals surface area contributed by atoms with Crippen molar-refractivity contribution >= 4 is 45.3 Å². The highest BCUT2D eigenvalue weighted by Crippen LogP contribution is 2.21. The molecule has 0 saturated carbocycles. The number of nitrogens with zero attached hydrogens (tertiary/aromatic N) is 2. The second-order valence-electron chi connectivity index (χ2n) is 4.26. The number of nitro groups is 1. The number of aromatic nitrogens is 1. The Morgan fingerprint density at radius 2 is 1.77 bits per heavy atom. The molecule has 0 radical (unpaired) electrons. The van der Waals surface area contributed by atoms with Gasteiger partial charge in [0, 0.05) is 24.3 Å². The highest BCUT2D eigenvalue weighted by Gasteiger charge is 2.17. The van der Waals surface area contributed by atoms with Crippen LogP contribution in [0.3, 0.4) is 0 Å². The van der Waals surface area contributed by atoms with Crippen LogP contribution in [-0.4, -0.2) is 15.4 Å². The maximum atomic E-state index is 12.7. The molecule has 0 aliphatic carbocycles. The summed E-state index contributed by atoms with van der Waals surface area (Å²) in [5, 5.41) is 23.4. The van der Waals surface area contributed by atoms with Crippen LogP contribution in [0.25, 0.3) is 11.5 Å². The van der Waals surface area contributed by atoms with Crippen LogP contribution < -0.4 is 9.67 Å². The fraction of sp³-hybridized carbons (Fsp3) is 0.0667. The lowest BCUT2D eigenvalue weighted by atomic mass is 10.1. The third-order valence-corrected chi connectivity index (χ3v) is 4.17. The molecule has 0 fully saturated rings. The summed E-state index contributed by atoms with van der Waals surface area (Å²) in [6.45, 7) is 0. The summed E-state index contributed by atoms with van der Waals surface area (Å²) in [6.07, 6.45) is 5.28. The summed E-state index contributed by atoms with van der Waals surface area (Å²) >= 11 is 6.58. The van der Waals surface area contributed by atoms with Crippen LogP contribution in [0.15, 0.2) is 54.9 Å². The van der Waals surface area contributed by atoms with Crippen molar-refractivity contribution in [1.82, 2.24) is 0 Å². The van der Waals surface area contributed by atoms with Gasteiger partial charge in [-0.25, -0.2) is 0 Å². The fourth-order valence-corrected chi connectivity index (χ4v) is 2.42. The smallest absolute Gasteiger partial charge is 0.269 e. The lowest BCUT2D eigenvalue weighted by Gasteiger charge is -2.15. The number of benzene rings is 1. The van der Waals surface area contributed by atoms with E-state index in [-0.39, 0.29) is 11.4 Å². The van der Waals surface area contributed by atoms with Crippen LogP contribution in [0.4, 0.5) is 5.69 Å². The van der Waals surface area contributed by atoms with Gasteiger partial charge in [0.1, 0.15) is 4.20 Å². The molecule has 0 saturated heterocycles. The van der Waals surface area contributed by atoms with E-state index >= 15 is 0 Å². The van der Waals surface area contributed by atoms with E-state index in [0.717, 1.165) is 0 Å². The average Bonchev–Trinajstić information content (AvgIpc) is 2.55. The van der Waals surface area contributed by atoms with E-state index in [9.17, 15) is 15.2 Å². The van der Waals surface area contributed by atoms with Gasteiger partial charge in [0.15, 0.2) is 12.4 Å². The molecular weight excluding hydrogens is 320 g/mol. The lowest BCUT2D eigenvalue weighted by molar-refractivity contribution is -0.577. The number of nitro benzene ring substituents is 1. The number of rotatable bonds is 4. The number of thiocarbonyl (C=S) groups is 1. The zero-order valence-electron chi connectivity index (χ0n) is 11.6. The normalized spacial score (nSPS) is 11.7. The van der Waals surface area contributed by atoms with Crippen LogP contribution in [0.5, 0.6) is 0 Å². The molecule has 1 aromatic carbocycles. The van der Waals surface area contributed by atoms with Crippen LogP contribution in [0, 0.1) is 10.1 Å². The quantitative estimate of drug-likeness (QED) is 0.214. The van der Waals surface area contributed by atoms with Gasteiger partial charge < -0.3 is 5.11 Å². The molecule has 1 aromatic heterocycles. The zero-order chi connectivity index (χ0) is 16.1. The molecule has 1 heterocycles. The first-order chi connectivity index (χ1) is 10.5. The molecule has 0 spiro atoms. The predicted octanol–water partition coefficient (Wildman–Crippen LogP) is 2.26. The summed E-state index contributed by atoms with van der Waals surface area (Å²) in [5.74, 6) is -0.273. The van der Waals surface area contributed by atoms with E-state index in [1.54, 1.807) is 35.3 Å². The van der Waals surface area contributed by atoms with Crippen molar-refractivity contribution < 1.29 is 14.6 Å². The Bertz CT molecular complexity index is 728. The second-order valence-corrected chi connectivity index (χ2v) is 5.74. The highest BCUT2D eigenvalue weighted by molar-refractivity contribution is 8.23. The first-order valence-corrected chi connectivity index (χ1v) is 7.89. The van der Waals surface area contributed by atoms with Gasteiger partial charge >= 0.3 is 0 Å². The van der Waals surface area contributed by atoms with Crippen LogP contribution in [0.2, 0.25) is 0 Å². The van der Waals surface area contributed by atoms with Gasteiger partial charge in [-0.2, -0.15) is 4.57 Å². The van der Waals surface area contributed by atoms with E-state index in [1.807, 2.05) is 6.07 Å². The Balaban J connectivity index is 2.54. The standard InChI is InChI=1S/C15H12N2O3S2/c1-22-15(21)13(16-9-3-2-4-10-16)14(18)11-5-7-12(8-6-11)17(19)20/h2-10H,1H3. The van der Waals surface area contributed by atoms with Gasteiger partial charge in [0.05, 0.1) is 4.92 Å². The summed E-state index contributed by atoms with van der Waals surface area (Å²) in [4.78, 5) is 10.2. The van der Waals surface area contributed by atoms with Crippen molar-refractivity contribution in [3.8, 4) is 0 Å². The molecule has 2 rings (SSSR count). The molecule has 0 N–H and O–H groups in total. The molecule has 0 aliphatic rings. The summed E-state index contributed by atoms with van der Waals surface area (Å²) in [5.41, 5.74) is 0.656. The van der Waals surface area contributed by atoms with E-state index in [1.165, 1.54) is 36.0 Å². The van der Waals surface area contributed by atoms with Crippen molar-refractivity contribution in [3.63, 3.8) is 0 Å². The van der Waals surface area contributed by atoms with Crippen molar-refractivity contribution in [1.29, 1.82) is 0 Å². The molecule has 22 heavy (non-hydrogen) atoms. The Labute approximate surface area is 137 Å². The van der Waals surface area contributed by atoms with Crippen molar-refractivity contribution in [2.45, 2.75) is 0 Å². The average molecular weight is 332 g/mol. The Kier molecular flexibility index (Phi) is 5.24. The van der Waals surface area contributed by atoms with Gasteiger partial charge in [-0.15, -0.1) is 11.8 Å². The third-order valence-electron chi connectivity index (χ3n) is 2.91. The summed E-state index contributed by atoms with van der Waals surface area (Å²) < 4.78 is 2.11. The molecule has 0 aliphatic heterocycles. The molecule has 0 atom stereocenters. The molecular formula is C15H12N2O3S2. The number of hydrogen-bond donors (Lipinski definition) is 0. The van der Waals surface area contributed by atoms with Crippen LogP contribution >= 0.6 is 24.0 Å². The molecule has 5 nitrogen and oxygen atoms in total. The number of thioether (sulfide) groups is 1. The Hall–Kier alpha value is -2.25. The minimum Gasteiger partial charge on any atom is -0.868 e. The van der Waals surface area contributed by atoms with Gasteiger partial charge in [0.2, 0.25) is 5.70 Å². The van der Waals surface area contributed by atoms with Gasteiger partial charge in [-0.3, -0.25) is 10.1 Å². The first-order valence-electron chi connectivity index (χ1n) is 6.25. The molecule has 0 amide bonds. The van der Waals surface area contributed by atoms with Gasteiger partial charge in [0.25, 0.3) is 5.69 Å². The molecule has 112 valence electrons. The third kappa shape index (κ3) is 3.49. The molecule has 2 aromatic rings. The number of hydrogen-bond acceptors (Lipinski definition) is 5. The van der Waals surface area contributed by atoms with Gasteiger partial charge in [-0.1, -0.05) is 18.3 Å². The maximum absolute atomic E-state index is 12.7. The van der Waals surface area contributed by atoms with Gasteiger partial charge in [-0.05, 0) is 29.7 Å². The Morgan fingerprint density at radius 3 is 2.27 bits per heavy atom. The monoisotopic (exact) mass is 332 g/mol. The minimum atomic E-state index is -0.503. The van der Waals surface area contributed by atoms with E-state index < -0.39 is 4.92 Å². The first kappa shape index (κ1) is 16.1. The second kappa shape index (κ2) is 7.15. The molecule has 7 heteroatoms. The van der Waals surface area contributed by atoms with Crippen molar-refractivity contribution in [2.75, 3.05) is 6.26 Å². The fourth-order valence-electron chi connectivity index (χ4n) is 1.83. The molecule has 0 unspecified atom stereocenters. The van der Waals surface area contributed by atoms with E-state index in [0.29, 0.717) is 15.5 Å². The minimum absolute atomic E-state index is 0.0575. The summed E-state index contributed by atoms with van der Waals surface area (Å²) in [7, 11) is 0. The van der Waals surface area contributed by atoms with Crippen molar-refractivity contribution in [3.05, 3.63) is 70.5 Å². The van der Waals surface area contributed by atoms with Crippen molar-refractivity contribution in [2.24, 2.45) is 0 Å². The maximum Gasteiger partial charge on any atom is 0.269 e. The zero-order valence-corrected chi connectivity index (χ0v) is 13.3. The topological polar surface area (TPSA) is 70.1 Å². The predicted molar refractivity (Wildman–Crippen MR) is 89.0 cm³/mol. The molecule has 0 bridgehead atoms. The lowest BCUT2D eigenvalue weighted by Crippen LogP contribution is -2.36. The summed E-state index contributed by atoms with van der Waals surface area (Å²) in [6, 6.07) is 10.9. The SMILES string of the molecule is CSC(=S)/C(=C(/[O-])c1ccc([N+](=O)[O-])cc1)[n+]1ccccc1. The highest BCUT2D eigenvalue weighted by atomic mass is 32.2. The van der Waals surface area contributed by atoms with Crippen LogP contribution in [0.1, 0.15) is 5.56 Å². The largest absolute Gasteiger partial charge is 0.868 e. The Morgan fingerprint density at radius 1 is 1.18 bits per heavy atom. The van der Waals surface area contributed by atoms with Crippen LogP contribution in [-0.2, 0) is 0 Å². The number of pyridine rings is 1. The van der Waals surface area contributed by atoms with E-state index in [2.05, 4.69) is 0 Å².